The number of aliphatic carboxylic acids is 6. The van der Waals surface area contributed by atoms with Gasteiger partial charge in [0, 0.05) is 12.2 Å². The fourth-order valence-corrected chi connectivity index (χ4v) is 0.356. The summed E-state index contributed by atoms with van der Waals surface area (Å²) < 4.78 is 0. The Morgan fingerprint density at radius 1 is 0.545 bits per heavy atom. The first-order valence-corrected chi connectivity index (χ1v) is 4.93. The molecule has 0 fully saturated rings. The Hall–Kier alpha value is -3.44. The van der Waals surface area contributed by atoms with Gasteiger partial charge in [-0.2, -0.15) is 0 Å². The van der Waals surface area contributed by atoms with E-state index in [1.165, 1.54) is 0 Å². The zero-order valence-corrected chi connectivity index (χ0v) is 10.7. The van der Waals surface area contributed by atoms with Crippen molar-refractivity contribution in [2.75, 3.05) is 0 Å². The summed E-state index contributed by atoms with van der Waals surface area (Å²) in [7, 11) is 0. The third kappa shape index (κ3) is 36.0. The summed E-state index contributed by atoms with van der Waals surface area (Å²) >= 11 is 0. The van der Waals surface area contributed by atoms with E-state index in [1.54, 1.807) is 0 Å². The molecule has 0 saturated heterocycles. The molecule has 12 heteroatoms. The number of hydrogen-bond acceptors (Lipinski definition) is 6. The lowest BCUT2D eigenvalue weighted by atomic mass is 10.3. The van der Waals surface area contributed by atoms with Crippen molar-refractivity contribution in [3.63, 3.8) is 0 Å². The lowest BCUT2D eigenvalue weighted by Crippen LogP contribution is -2.09. The molecule has 0 aromatic carbocycles. The van der Waals surface area contributed by atoms with Crippen LogP contribution in [-0.2, 0) is 28.8 Å². The second-order valence-corrected chi connectivity index (χ2v) is 2.91. The van der Waals surface area contributed by atoms with Crippen LogP contribution in [0.1, 0.15) is 12.8 Å². The van der Waals surface area contributed by atoms with Crippen LogP contribution >= 0.6 is 0 Å². The third-order valence-corrected chi connectivity index (χ3v) is 1.10. The number of carboxylic acids is 6. The van der Waals surface area contributed by atoms with Crippen molar-refractivity contribution in [3.8, 4) is 0 Å². The standard InChI is InChI=1S/C4H6O4.C4H4O4.C2H2O4/c2*5-3(6)1-2-4(7)8;3-1(4)2(5)6/h1-2H2,(H,5,6)(H,7,8);1-2H,(H,5,6)(H,7,8);(H,3,4)(H,5,6)/b;2-1-;. The molecule has 0 atom stereocenters. The average molecular weight is 324 g/mol. The summed E-state index contributed by atoms with van der Waals surface area (Å²) in [6, 6.07) is 0. The highest BCUT2D eigenvalue weighted by molar-refractivity contribution is 6.27. The van der Waals surface area contributed by atoms with Gasteiger partial charge in [-0.1, -0.05) is 0 Å². The fourth-order valence-electron chi connectivity index (χ4n) is 0.356. The van der Waals surface area contributed by atoms with Gasteiger partial charge in [0.15, 0.2) is 0 Å². The first kappa shape index (κ1) is 23.6. The summed E-state index contributed by atoms with van der Waals surface area (Å²) in [5.41, 5.74) is 0. The van der Waals surface area contributed by atoms with Gasteiger partial charge in [0.1, 0.15) is 0 Å². The van der Waals surface area contributed by atoms with Crippen LogP contribution in [-0.4, -0.2) is 66.5 Å². The topological polar surface area (TPSA) is 224 Å². The van der Waals surface area contributed by atoms with Crippen molar-refractivity contribution >= 4 is 35.8 Å². The quantitative estimate of drug-likeness (QED) is 0.259. The molecule has 6 N–H and O–H groups in total. The predicted octanol–water partition coefficient (Wildman–Crippen LogP) is -1.20. The van der Waals surface area contributed by atoms with Crippen LogP contribution in [0.4, 0.5) is 0 Å². The Morgan fingerprint density at radius 2 is 0.773 bits per heavy atom. The molecule has 0 heterocycles. The van der Waals surface area contributed by atoms with Gasteiger partial charge >= 0.3 is 35.8 Å². The van der Waals surface area contributed by atoms with Gasteiger partial charge in [-0.15, -0.1) is 0 Å². The van der Waals surface area contributed by atoms with E-state index in [0.717, 1.165) is 0 Å². The average Bonchev–Trinajstić information content (AvgIpc) is 2.35. The Balaban J connectivity index is -0.000000249. The van der Waals surface area contributed by atoms with Gasteiger partial charge in [0.05, 0.1) is 12.8 Å². The van der Waals surface area contributed by atoms with Crippen LogP contribution in [0, 0.1) is 0 Å². The van der Waals surface area contributed by atoms with Crippen molar-refractivity contribution in [2.45, 2.75) is 12.8 Å². The van der Waals surface area contributed by atoms with Gasteiger partial charge in [0.2, 0.25) is 0 Å². The van der Waals surface area contributed by atoms with Gasteiger partial charge in [-0.3, -0.25) is 9.59 Å². The fraction of sp³-hybridized carbons (Fsp3) is 0.200. The Morgan fingerprint density at radius 3 is 0.864 bits per heavy atom. The van der Waals surface area contributed by atoms with E-state index in [4.69, 9.17) is 40.2 Å². The smallest absolute Gasteiger partial charge is 0.414 e. The first-order chi connectivity index (χ1) is 9.89. The minimum absolute atomic E-state index is 0.296. The highest BCUT2D eigenvalue weighted by Gasteiger charge is 2.04. The Labute approximate surface area is 121 Å². The van der Waals surface area contributed by atoms with Crippen molar-refractivity contribution < 1.29 is 59.4 Å². The third-order valence-electron chi connectivity index (χ3n) is 1.10. The molecule has 0 spiro atoms. The Bertz CT molecular complexity index is 419. The van der Waals surface area contributed by atoms with Crippen molar-refractivity contribution in [3.05, 3.63) is 12.2 Å². The van der Waals surface area contributed by atoms with Gasteiger partial charge in [-0.25, -0.2) is 19.2 Å². The Kier molecular flexibility index (Phi) is 15.0. The molecule has 0 aliphatic rings. The van der Waals surface area contributed by atoms with Gasteiger partial charge in [0.25, 0.3) is 0 Å². The normalized spacial score (nSPS) is 8.55. The SMILES string of the molecule is O=C(O)/C=C\C(=O)O.O=C(O)C(=O)O.O=C(O)CCC(=O)O. The van der Waals surface area contributed by atoms with Crippen LogP contribution in [0.2, 0.25) is 0 Å². The highest BCUT2D eigenvalue weighted by atomic mass is 16.4. The van der Waals surface area contributed by atoms with E-state index in [0.29, 0.717) is 12.2 Å². The van der Waals surface area contributed by atoms with E-state index in [1.807, 2.05) is 0 Å². The molecule has 0 radical (unpaired) electrons. The summed E-state index contributed by atoms with van der Waals surface area (Å²) in [4.78, 5) is 56.6. The maximum atomic E-state index is 9.64. The second kappa shape index (κ2) is 14.0. The lowest BCUT2D eigenvalue weighted by molar-refractivity contribution is -0.159. The zero-order valence-electron chi connectivity index (χ0n) is 10.7. The summed E-state index contributed by atoms with van der Waals surface area (Å²) in [5.74, 6) is -8.32. The minimum Gasteiger partial charge on any atom is -0.481 e. The zero-order chi connectivity index (χ0) is 18.3. The monoisotopic (exact) mass is 324 g/mol. The minimum atomic E-state index is -1.82. The molecular weight excluding hydrogens is 312 g/mol. The highest BCUT2D eigenvalue weighted by Crippen LogP contribution is 1.86. The number of carboxylic acid groups (broad SMARTS) is 6. The van der Waals surface area contributed by atoms with Crippen LogP contribution in [0.25, 0.3) is 0 Å². The first-order valence-electron chi connectivity index (χ1n) is 4.93. The van der Waals surface area contributed by atoms with Crippen LogP contribution in [0.3, 0.4) is 0 Å². The number of carbonyl (C=O) groups is 6. The van der Waals surface area contributed by atoms with E-state index in [9.17, 15) is 19.2 Å². The molecule has 0 rings (SSSR count). The lowest BCUT2D eigenvalue weighted by Gasteiger charge is -1.85. The molecule has 0 saturated carbocycles. The van der Waals surface area contributed by atoms with E-state index >= 15 is 0 Å². The van der Waals surface area contributed by atoms with Gasteiger partial charge in [-0.05, 0) is 0 Å². The van der Waals surface area contributed by atoms with Gasteiger partial charge < -0.3 is 30.6 Å². The van der Waals surface area contributed by atoms with E-state index in [2.05, 4.69) is 0 Å². The number of hydrogen-bond donors (Lipinski definition) is 6. The predicted molar refractivity (Wildman–Crippen MR) is 64.2 cm³/mol. The summed E-state index contributed by atoms with van der Waals surface area (Å²) in [6.45, 7) is 0. The van der Waals surface area contributed by atoms with Crippen molar-refractivity contribution in [1.29, 1.82) is 0 Å². The van der Waals surface area contributed by atoms with Crippen LogP contribution < -0.4 is 0 Å². The molecule has 12 nitrogen and oxygen atoms in total. The van der Waals surface area contributed by atoms with E-state index in [-0.39, 0.29) is 12.8 Å². The van der Waals surface area contributed by atoms with Crippen molar-refractivity contribution in [1.82, 2.24) is 0 Å². The molecule has 0 aliphatic heterocycles. The maximum Gasteiger partial charge on any atom is 0.414 e. The summed E-state index contributed by atoms with van der Waals surface area (Å²) in [5, 5.41) is 46.2. The molecule has 0 amide bonds. The maximum absolute atomic E-state index is 9.64. The molecule has 124 valence electrons. The molecular formula is C10H12O12. The molecule has 0 aliphatic carbocycles. The van der Waals surface area contributed by atoms with Crippen molar-refractivity contribution in [2.24, 2.45) is 0 Å². The van der Waals surface area contributed by atoms with Crippen LogP contribution in [0.15, 0.2) is 12.2 Å². The molecule has 0 aromatic rings. The number of rotatable bonds is 5. The molecule has 22 heavy (non-hydrogen) atoms. The molecule has 0 unspecified atom stereocenters. The summed E-state index contributed by atoms with van der Waals surface area (Å²) in [6.07, 6.45) is 0.523. The largest absolute Gasteiger partial charge is 0.481 e. The second-order valence-electron chi connectivity index (χ2n) is 2.91. The molecule has 0 bridgehead atoms. The van der Waals surface area contributed by atoms with E-state index < -0.39 is 35.8 Å². The molecule has 0 aromatic heterocycles. The van der Waals surface area contributed by atoms with Crippen LogP contribution in [0.5, 0.6) is 0 Å².